The largest absolute Gasteiger partial charge is 0.490 e. The zero-order valence-electron chi connectivity index (χ0n) is 18.0. The summed E-state index contributed by atoms with van der Waals surface area (Å²) in [6, 6.07) is 12.8. The van der Waals surface area contributed by atoms with E-state index in [1.807, 2.05) is 13.8 Å². The normalized spacial score (nSPS) is 11.6. The Bertz CT molecular complexity index is 1180. The number of carboxylic acids is 1. The second-order valence-electron chi connectivity index (χ2n) is 7.42. The van der Waals surface area contributed by atoms with E-state index in [0.717, 1.165) is 0 Å². The van der Waals surface area contributed by atoms with E-state index in [9.17, 15) is 14.9 Å². The summed E-state index contributed by atoms with van der Waals surface area (Å²) < 4.78 is 16.0. The molecule has 0 saturated heterocycles. The molecule has 33 heavy (non-hydrogen) atoms. The van der Waals surface area contributed by atoms with Crippen LogP contribution in [0.2, 0.25) is 0 Å². The van der Waals surface area contributed by atoms with Gasteiger partial charge in [0.05, 0.1) is 18.1 Å². The van der Waals surface area contributed by atoms with Crippen LogP contribution in [-0.4, -0.2) is 39.3 Å². The van der Waals surface area contributed by atoms with E-state index in [2.05, 4.69) is 16.2 Å². The molecular weight excluding hydrogens is 428 g/mol. The van der Waals surface area contributed by atoms with E-state index >= 15 is 0 Å². The number of nitriles is 1. The lowest BCUT2D eigenvalue weighted by Crippen LogP contribution is -2.34. The first-order valence-corrected chi connectivity index (χ1v) is 10.0. The van der Waals surface area contributed by atoms with Gasteiger partial charge in [-0.05, 0) is 37.6 Å². The summed E-state index contributed by atoms with van der Waals surface area (Å²) in [5, 5.41) is 22.1. The lowest BCUT2D eigenvalue weighted by atomic mass is 10.1. The van der Waals surface area contributed by atoms with Gasteiger partial charge in [-0.25, -0.2) is 0 Å². The van der Waals surface area contributed by atoms with Crippen LogP contribution in [0.5, 0.6) is 5.75 Å². The molecule has 0 fully saturated rings. The van der Waals surface area contributed by atoms with Gasteiger partial charge in [0.1, 0.15) is 24.5 Å². The molecule has 3 aromatic rings. The number of aliphatic carboxylic acids is 1. The SMILES string of the molecule is CC(C)Oc1ccc(-c2nc(-c3ccc(COC(=O)C(N)CC(=O)O)cc3)no2)cc1C#N. The van der Waals surface area contributed by atoms with Crippen LogP contribution in [0.25, 0.3) is 22.8 Å². The van der Waals surface area contributed by atoms with Gasteiger partial charge in [-0.3, -0.25) is 9.59 Å². The molecule has 0 amide bonds. The highest BCUT2D eigenvalue weighted by Crippen LogP contribution is 2.28. The van der Waals surface area contributed by atoms with Gasteiger partial charge < -0.3 is 24.8 Å². The molecule has 1 unspecified atom stereocenters. The van der Waals surface area contributed by atoms with Crippen molar-refractivity contribution in [3.63, 3.8) is 0 Å². The van der Waals surface area contributed by atoms with Gasteiger partial charge in [0.2, 0.25) is 5.82 Å². The lowest BCUT2D eigenvalue weighted by molar-refractivity contribution is -0.150. The Labute approximate surface area is 189 Å². The lowest BCUT2D eigenvalue weighted by Gasteiger charge is -2.11. The Hall–Kier alpha value is -4.23. The molecule has 2 aromatic carbocycles. The molecule has 0 aliphatic heterocycles. The number of hydrogen-bond acceptors (Lipinski definition) is 9. The van der Waals surface area contributed by atoms with Crippen molar-refractivity contribution in [1.29, 1.82) is 5.26 Å². The third-order valence-electron chi connectivity index (χ3n) is 4.43. The van der Waals surface area contributed by atoms with Crippen LogP contribution < -0.4 is 10.5 Å². The first-order chi connectivity index (χ1) is 15.8. The summed E-state index contributed by atoms with van der Waals surface area (Å²) in [6.07, 6.45) is -0.563. The number of carbonyl (C=O) groups is 2. The standard InChI is InChI=1S/C23H22N4O6/c1-13(2)32-19-8-7-16(9-17(19)11-24)22-26-21(27-33-22)15-5-3-14(4-6-15)12-31-23(30)18(25)10-20(28)29/h3-9,13,18H,10,12,25H2,1-2H3,(H,28,29). The molecule has 10 nitrogen and oxygen atoms in total. The third-order valence-corrected chi connectivity index (χ3v) is 4.43. The number of hydrogen-bond donors (Lipinski definition) is 2. The van der Waals surface area contributed by atoms with Gasteiger partial charge in [0.25, 0.3) is 5.89 Å². The zero-order valence-corrected chi connectivity index (χ0v) is 18.0. The molecule has 0 radical (unpaired) electrons. The predicted octanol–water partition coefficient (Wildman–Crippen LogP) is 2.91. The molecule has 0 spiro atoms. The maximum absolute atomic E-state index is 11.7. The average molecular weight is 450 g/mol. The van der Waals surface area contributed by atoms with Crippen LogP contribution in [-0.2, 0) is 20.9 Å². The van der Waals surface area contributed by atoms with Crippen molar-refractivity contribution in [2.75, 3.05) is 0 Å². The van der Waals surface area contributed by atoms with E-state index in [-0.39, 0.29) is 18.6 Å². The molecule has 0 aliphatic rings. The van der Waals surface area contributed by atoms with Crippen molar-refractivity contribution >= 4 is 11.9 Å². The monoisotopic (exact) mass is 450 g/mol. The Morgan fingerprint density at radius 1 is 1.18 bits per heavy atom. The quantitative estimate of drug-likeness (QED) is 0.464. The van der Waals surface area contributed by atoms with Crippen LogP contribution in [0.1, 0.15) is 31.4 Å². The zero-order chi connectivity index (χ0) is 24.0. The molecule has 1 heterocycles. The van der Waals surface area contributed by atoms with Crippen molar-refractivity contribution in [2.24, 2.45) is 5.73 Å². The third kappa shape index (κ3) is 6.15. The predicted molar refractivity (Wildman–Crippen MR) is 116 cm³/mol. The van der Waals surface area contributed by atoms with E-state index < -0.39 is 24.4 Å². The fourth-order valence-electron chi connectivity index (χ4n) is 2.85. The maximum Gasteiger partial charge on any atom is 0.323 e. The Kier molecular flexibility index (Phi) is 7.38. The average Bonchev–Trinajstić information content (AvgIpc) is 3.27. The molecule has 10 heteroatoms. The molecule has 0 bridgehead atoms. The highest BCUT2D eigenvalue weighted by molar-refractivity contribution is 5.81. The summed E-state index contributed by atoms with van der Waals surface area (Å²) >= 11 is 0. The van der Waals surface area contributed by atoms with Gasteiger partial charge in [0.15, 0.2) is 0 Å². The number of benzene rings is 2. The van der Waals surface area contributed by atoms with Crippen LogP contribution in [0, 0.1) is 11.3 Å². The Balaban J connectivity index is 1.68. The summed E-state index contributed by atoms with van der Waals surface area (Å²) in [6.45, 7) is 3.71. The van der Waals surface area contributed by atoms with Crippen molar-refractivity contribution in [2.45, 2.75) is 39.0 Å². The summed E-state index contributed by atoms with van der Waals surface area (Å²) in [5.74, 6) is -0.880. The van der Waals surface area contributed by atoms with Crippen molar-refractivity contribution in [3.05, 3.63) is 53.6 Å². The van der Waals surface area contributed by atoms with Gasteiger partial charge in [-0.2, -0.15) is 10.2 Å². The molecule has 1 aromatic heterocycles. The molecule has 0 saturated carbocycles. The highest BCUT2D eigenvalue weighted by atomic mass is 16.5. The fraction of sp³-hybridized carbons (Fsp3) is 0.261. The number of carbonyl (C=O) groups excluding carboxylic acids is 1. The number of ether oxygens (including phenoxy) is 2. The van der Waals surface area contributed by atoms with Crippen LogP contribution in [0.3, 0.4) is 0 Å². The molecule has 170 valence electrons. The molecular formula is C23H22N4O6. The van der Waals surface area contributed by atoms with Gasteiger partial charge in [0, 0.05) is 11.1 Å². The molecule has 1 atom stereocenters. The van der Waals surface area contributed by atoms with Crippen LogP contribution in [0.4, 0.5) is 0 Å². The number of carboxylic acid groups (broad SMARTS) is 1. The van der Waals surface area contributed by atoms with E-state index in [1.54, 1.807) is 42.5 Å². The molecule has 3 rings (SSSR count). The van der Waals surface area contributed by atoms with E-state index in [4.69, 9.17) is 24.8 Å². The van der Waals surface area contributed by atoms with Crippen molar-refractivity contribution in [1.82, 2.24) is 10.1 Å². The first-order valence-electron chi connectivity index (χ1n) is 10.0. The second kappa shape index (κ2) is 10.4. The highest BCUT2D eigenvalue weighted by Gasteiger charge is 2.19. The number of nitrogens with two attached hydrogens (primary N) is 1. The molecule has 3 N–H and O–H groups in total. The number of aromatic nitrogens is 2. The van der Waals surface area contributed by atoms with Gasteiger partial charge in [-0.1, -0.05) is 29.4 Å². The van der Waals surface area contributed by atoms with Crippen molar-refractivity contribution < 1.29 is 28.7 Å². The van der Waals surface area contributed by atoms with Gasteiger partial charge >= 0.3 is 11.9 Å². The number of rotatable bonds is 9. The van der Waals surface area contributed by atoms with Crippen LogP contribution >= 0.6 is 0 Å². The first kappa shape index (κ1) is 23.4. The maximum atomic E-state index is 11.7. The summed E-state index contributed by atoms with van der Waals surface area (Å²) in [5.41, 5.74) is 7.77. The summed E-state index contributed by atoms with van der Waals surface area (Å²) in [7, 11) is 0. The number of esters is 1. The minimum atomic E-state index is -1.22. The van der Waals surface area contributed by atoms with Crippen LogP contribution in [0.15, 0.2) is 47.0 Å². The van der Waals surface area contributed by atoms with Gasteiger partial charge in [-0.15, -0.1) is 0 Å². The topological polar surface area (TPSA) is 162 Å². The smallest absolute Gasteiger partial charge is 0.323 e. The minimum Gasteiger partial charge on any atom is -0.490 e. The fourth-order valence-corrected chi connectivity index (χ4v) is 2.85. The second-order valence-corrected chi connectivity index (χ2v) is 7.42. The Morgan fingerprint density at radius 2 is 1.88 bits per heavy atom. The number of nitrogens with zero attached hydrogens (tertiary/aromatic N) is 3. The minimum absolute atomic E-state index is 0.0499. The summed E-state index contributed by atoms with van der Waals surface area (Å²) in [4.78, 5) is 26.7. The van der Waals surface area contributed by atoms with E-state index in [1.165, 1.54) is 0 Å². The molecule has 0 aliphatic carbocycles. The van der Waals surface area contributed by atoms with Crippen molar-refractivity contribution in [3.8, 4) is 34.7 Å². The Morgan fingerprint density at radius 3 is 2.52 bits per heavy atom. The van der Waals surface area contributed by atoms with E-state index in [0.29, 0.717) is 33.8 Å².